The van der Waals surface area contributed by atoms with E-state index in [2.05, 4.69) is 25.1 Å². The molecule has 6 heterocycles. The molecule has 6 aliphatic rings. The Hall–Kier alpha value is -3.91. The van der Waals surface area contributed by atoms with Crippen molar-refractivity contribution in [3.8, 4) is 0 Å². The number of hydrogen-bond donors (Lipinski definition) is 4. The van der Waals surface area contributed by atoms with Crippen LogP contribution in [0.4, 0.5) is 0 Å². The number of aliphatic carboxylic acids is 1. The molecule has 0 amide bonds. The van der Waals surface area contributed by atoms with E-state index in [1.54, 1.807) is 18.2 Å². The van der Waals surface area contributed by atoms with E-state index in [1.165, 1.54) is 6.08 Å². The van der Waals surface area contributed by atoms with E-state index in [0.717, 1.165) is 24.8 Å². The van der Waals surface area contributed by atoms with Crippen molar-refractivity contribution >= 4 is 17.7 Å². The van der Waals surface area contributed by atoms with Crippen molar-refractivity contribution in [1.82, 2.24) is 0 Å². The maximum absolute atomic E-state index is 13.0. The number of carboxylic acids is 1. The van der Waals surface area contributed by atoms with Crippen LogP contribution in [0.5, 0.6) is 0 Å². The quantitative estimate of drug-likeness (QED) is 0.0669. The molecule has 0 aliphatic carbocycles. The van der Waals surface area contributed by atoms with Gasteiger partial charge in [0.25, 0.3) is 0 Å². The fourth-order valence-electron chi connectivity index (χ4n) is 8.38. The molecule has 6 rings (SSSR count). The Balaban J connectivity index is 1.30. The lowest BCUT2D eigenvalue weighted by Gasteiger charge is -2.38. The summed E-state index contributed by atoms with van der Waals surface area (Å²) in [5.41, 5.74) is 1.47. The van der Waals surface area contributed by atoms with Gasteiger partial charge in [-0.1, -0.05) is 111 Å². The minimum Gasteiger partial charge on any atom is -0.481 e. The molecule has 4 N–H and O–H groups in total. The number of allylic oxidation sites excluding steroid dienone is 7. The Morgan fingerprint density at radius 3 is 2.41 bits per heavy atom. The summed E-state index contributed by atoms with van der Waals surface area (Å²) in [5.74, 6) is -1.15. The second kappa shape index (κ2) is 23.2. The maximum Gasteiger partial charge on any atom is 0.331 e. The predicted molar refractivity (Wildman–Crippen MR) is 225 cm³/mol. The highest BCUT2D eigenvalue weighted by molar-refractivity contribution is 5.87. The third-order valence-corrected chi connectivity index (χ3v) is 11.9. The summed E-state index contributed by atoms with van der Waals surface area (Å²) < 4.78 is 31.6. The lowest BCUT2D eigenvalue weighted by Crippen LogP contribution is -2.48. The summed E-state index contributed by atoms with van der Waals surface area (Å²) in [6.45, 7) is 8.13. The molecule has 0 aromatic rings. The highest BCUT2D eigenvalue weighted by atomic mass is 16.6. The lowest BCUT2D eigenvalue weighted by atomic mass is 9.86. The number of carbonyl (C=O) groups excluding carboxylic acids is 1. The Kier molecular flexibility index (Phi) is 18.1. The van der Waals surface area contributed by atoms with Crippen LogP contribution in [0.15, 0.2) is 102 Å². The van der Waals surface area contributed by atoms with Crippen molar-refractivity contribution in [2.45, 2.75) is 159 Å². The third kappa shape index (κ3) is 13.8. The van der Waals surface area contributed by atoms with Gasteiger partial charge in [-0.15, -0.1) is 0 Å². The minimum absolute atomic E-state index is 0.0382. The van der Waals surface area contributed by atoms with Gasteiger partial charge in [-0.2, -0.15) is 0 Å². The average Bonchev–Trinajstić information content (AvgIpc) is 3.56. The molecule has 14 atom stereocenters. The molecule has 7 bridgehead atoms. The number of nitrogens with zero attached hydrogens (tertiary/aromatic N) is 1. The first kappa shape index (κ1) is 46.2. The number of aliphatic hydroxyl groups is 2. The van der Waals surface area contributed by atoms with Gasteiger partial charge in [-0.3, -0.25) is 4.79 Å². The molecule has 0 radical (unpaired) electrons. The van der Waals surface area contributed by atoms with E-state index in [9.17, 15) is 25.0 Å². The molecule has 3 fully saturated rings. The van der Waals surface area contributed by atoms with E-state index in [-0.39, 0.29) is 67.2 Å². The van der Waals surface area contributed by atoms with Crippen molar-refractivity contribution in [3.05, 3.63) is 96.7 Å². The lowest BCUT2D eigenvalue weighted by molar-refractivity contribution is -0.148. The van der Waals surface area contributed by atoms with Crippen molar-refractivity contribution in [2.75, 3.05) is 0 Å². The molecule has 59 heavy (non-hydrogen) atoms. The Bertz CT molecular complexity index is 1660. The van der Waals surface area contributed by atoms with Crippen molar-refractivity contribution in [2.24, 2.45) is 22.9 Å². The number of carboxylic acid groups (broad SMARTS) is 1. The van der Waals surface area contributed by atoms with Crippen LogP contribution in [0.1, 0.15) is 91.9 Å². The zero-order chi connectivity index (χ0) is 42.3. The molecule has 12 nitrogen and oxygen atoms in total. The summed E-state index contributed by atoms with van der Waals surface area (Å²) in [6, 6.07) is 0. The second-order valence-corrected chi connectivity index (χ2v) is 16.6. The number of unbranched alkanes of at least 4 members (excludes halogenated alkanes) is 1. The number of esters is 1. The van der Waals surface area contributed by atoms with Gasteiger partial charge < -0.3 is 44.2 Å². The number of rotatable bonds is 7. The maximum atomic E-state index is 13.0. The van der Waals surface area contributed by atoms with Crippen LogP contribution in [0, 0.1) is 17.8 Å². The fourth-order valence-corrected chi connectivity index (χ4v) is 8.38. The van der Waals surface area contributed by atoms with Crippen LogP contribution in [0.2, 0.25) is 0 Å². The molecule has 0 aromatic heterocycles. The number of hydrogen-bond acceptors (Lipinski definition) is 11. The topological polar surface area (TPSA) is 174 Å². The summed E-state index contributed by atoms with van der Waals surface area (Å²) in [6.07, 6.45) is 28.6. The number of oxime groups is 1. The summed E-state index contributed by atoms with van der Waals surface area (Å²) in [4.78, 5) is 23.9. The minimum atomic E-state index is -1.21. The number of fused-ring (bicyclic) bond motifs is 13. The largest absolute Gasteiger partial charge is 0.481 e. The molecule has 0 unspecified atom stereocenters. The van der Waals surface area contributed by atoms with E-state index in [0.29, 0.717) is 37.8 Å². The molecular weight excluding hydrogens is 755 g/mol. The van der Waals surface area contributed by atoms with Crippen LogP contribution in [0.25, 0.3) is 0 Å². The fraction of sp³-hybridized carbons (Fsp3) is 0.596. The summed E-state index contributed by atoms with van der Waals surface area (Å²) >= 11 is 0. The van der Waals surface area contributed by atoms with E-state index in [4.69, 9.17) is 28.8 Å². The molecule has 6 aliphatic heterocycles. The van der Waals surface area contributed by atoms with Gasteiger partial charge in [-0.05, 0) is 63.0 Å². The van der Waals surface area contributed by atoms with Crippen LogP contribution < -0.4 is 0 Å². The van der Waals surface area contributed by atoms with E-state index in [1.807, 2.05) is 74.6 Å². The van der Waals surface area contributed by atoms with Gasteiger partial charge in [-0.25, -0.2) is 4.79 Å². The molecule has 12 heteroatoms. The van der Waals surface area contributed by atoms with Gasteiger partial charge in [0, 0.05) is 37.2 Å². The summed E-state index contributed by atoms with van der Waals surface area (Å²) in [5, 5.41) is 44.3. The van der Waals surface area contributed by atoms with E-state index >= 15 is 0 Å². The molecule has 324 valence electrons. The van der Waals surface area contributed by atoms with Crippen LogP contribution in [-0.4, -0.2) is 105 Å². The van der Waals surface area contributed by atoms with Gasteiger partial charge in [0.1, 0.15) is 24.4 Å². The second-order valence-electron chi connectivity index (χ2n) is 16.6. The van der Waals surface area contributed by atoms with Crippen LogP contribution in [-0.2, 0) is 33.3 Å². The van der Waals surface area contributed by atoms with Gasteiger partial charge in [0.05, 0.1) is 42.3 Å². The Labute approximate surface area is 349 Å². The Morgan fingerprint density at radius 1 is 0.831 bits per heavy atom. The highest BCUT2D eigenvalue weighted by Crippen LogP contribution is 2.38. The molecule has 0 spiro atoms. The third-order valence-electron chi connectivity index (χ3n) is 11.9. The SMILES string of the molecule is C/C(=C\[C@H](C)CCCCC(=O)O)[C@@H]1O[C@@H]2C=C[C@H]1OC(=O)\C=C/C=C\C=C\[C@H]1O[C@@H]3C[C@H]1O[C@@H](/C=C/C[C@H]1O[C@H](C/C(=N\O)[C@H]1C)[C@@H](O)[C@@H](O)/C=C/CC/C=C/C2)[C@@H]3C. The van der Waals surface area contributed by atoms with Crippen molar-refractivity contribution < 1.29 is 53.8 Å². The molecule has 3 saturated heterocycles. The highest BCUT2D eigenvalue weighted by Gasteiger charge is 2.45. The number of ether oxygens (including phenoxy) is 5. The van der Waals surface area contributed by atoms with Gasteiger partial charge in [0.2, 0.25) is 0 Å². The van der Waals surface area contributed by atoms with Gasteiger partial charge in [0.15, 0.2) is 6.10 Å². The molecular formula is C47H65NO11. The summed E-state index contributed by atoms with van der Waals surface area (Å²) in [7, 11) is 0. The van der Waals surface area contributed by atoms with Gasteiger partial charge >= 0.3 is 11.9 Å². The van der Waals surface area contributed by atoms with Crippen LogP contribution in [0.3, 0.4) is 0 Å². The predicted octanol–water partition coefficient (Wildman–Crippen LogP) is 7.27. The molecule has 0 saturated carbocycles. The zero-order valence-corrected chi connectivity index (χ0v) is 34.9. The number of aliphatic hydroxyl groups excluding tert-OH is 2. The first-order valence-corrected chi connectivity index (χ1v) is 21.4. The Morgan fingerprint density at radius 2 is 1.61 bits per heavy atom. The smallest absolute Gasteiger partial charge is 0.331 e. The van der Waals surface area contributed by atoms with Crippen LogP contribution >= 0.6 is 0 Å². The van der Waals surface area contributed by atoms with E-state index < -0.39 is 42.5 Å². The zero-order valence-electron chi connectivity index (χ0n) is 34.9. The number of carbonyl (C=O) groups is 2. The van der Waals surface area contributed by atoms with Crippen molar-refractivity contribution in [3.63, 3.8) is 0 Å². The standard InChI is InChI=1S/C47H65NO11/c1-30(17-14-15-23-44(50)51)27-31(2)47-40-26-25-34(55-47)18-10-6-5-7-11-19-36(49)46(53)43-28-35(48-54)32(3)37(57-43)21-16-22-38-33(4)41-29-42(56-38)39(58-41)20-12-8-9-13-24-45(52)59-40/h6,8-13,16,19-20,22,24-27,30,32-34,36-43,46-47,49,53-54H,5,7,14-15,17-18,21,23,28-29H2,1-4H3,(H,50,51)/b9-8-,10-6+,19-11+,20-12+,22-16+,24-13-,31-27+,48-35+/t30-,32-,33+,34+,36+,37-,38+,39-,40-,41-,42-,43-,46+,47+/m1/s1. The molecule has 0 aromatic carbocycles. The average molecular weight is 820 g/mol. The first-order valence-electron chi connectivity index (χ1n) is 21.4. The normalized spacial score (nSPS) is 40.6. The first-order chi connectivity index (χ1) is 28.4. The van der Waals surface area contributed by atoms with Crippen molar-refractivity contribution in [1.29, 1.82) is 0 Å². The monoisotopic (exact) mass is 819 g/mol.